The van der Waals surface area contributed by atoms with Gasteiger partial charge in [-0.1, -0.05) is 6.92 Å². The first-order chi connectivity index (χ1) is 9.04. The van der Waals surface area contributed by atoms with Crippen LogP contribution in [0.15, 0.2) is 12.1 Å². The molecular formula is C14H21F2NO2. The fourth-order valence-electron chi connectivity index (χ4n) is 1.69. The van der Waals surface area contributed by atoms with Crippen molar-refractivity contribution in [2.75, 3.05) is 19.8 Å². The lowest BCUT2D eigenvalue weighted by Crippen LogP contribution is -2.18. The highest BCUT2D eigenvalue weighted by molar-refractivity contribution is 5.31. The number of nitrogens with two attached hydrogens (primary N) is 1. The van der Waals surface area contributed by atoms with Crippen LogP contribution < -0.4 is 10.5 Å². The van der Waals surface area contributed by atoms with Gasteiger partial charge in [-0.25, -0.2) is 8.78 Å². The highest BCUT2D eigenvalue weighted by Crippen LogP contribution is 2.23. The summed E-state index contributed by atoms with van der Waals surface area (Å²) in [6.07, 6.45) is 1.32. The monoisotopic (exact) mass is 273 g/mol. The molecule has 0 bridgehead atoms. The Bertz CT molecular complexity index is 374. The van der Waals surface area contributed by atoms with Crippen molar-refractivity contribution >= 4 is 0 Å². The molecule has 0 saturated heterocycles. The second-order valence-corrected chi connectivity index (χ2v) is 4.53. The lowest BCUT2D eigenvalue weighted by molar-refractivity contribution is 0.0975. The van der Waals surface area contributed by atoms with Gasteiger partial charge in [-0.2, -0.15) is 0 Å². The SMILES string of the molecule is CCCOCCOc1c(F)cc(CC(C)N)cc1F. The number of halogens is 2. The van der Waals surface area contributed by atoms with Crippen molar-refractivity contribution in [1.29, 1.82) is 0 Å². The molecule has 0 saturated carbocycles. The second kappa shape index (κ2) is 8.07. The van der Waals surface area contributed by atoms with Crippen molar-refractivity contribution in [3.8, 4) is 5.75 Å². The highest BCUT2D eigenvalue weighted by Gasteiger charge is 2.13. The fourth-order valence-corrected chi connectivity index (χ4v) is 1.69. The highest BCUT2D eigenvalue weighted by atomic mass is 19.1. The summed E-state index contributed by atoms with van der Waals surface area (Å²) < 4.78 is 37.6. The van der Waals surface area contributed by atoms with Gasteiger partial charge in [-0.3, -0.25) is 0 Å². The summed E-state index contributed by atoms with van der Waals surface area (Å²) in [7, 11) is 0. The lowest BCUT2D eigenvalue weighted by Gasteiger charge is -2.11. The van der Waals surface area contributed by atoms with Gasteiger partial charge in [-0.15, -0.1) is 0 Å². The van der Waals surface area contributed by atoms with Gasteiger partial charge in [0.15, 0.2) is 17.4 Å². The Kier molecular flexibility index (Phi) is 6.73. The Morgan fingerprint density at radius 3 is 2.32 bits per heavy atom. The maximum absolute atomic E-state index is 13.7. The third-order valence-corrected chi connectivity index (χ3v) is 2.44. The van der Waals surface area contributed by atoms with Gasteiger partial charge >= 0.3 is 0 Å². The minimum Gasteiger partial charge on any atom is -0.485 e. The summed E-state index contributed by atoms with van der Waals surface area (Å²) in [4.78, 5) is 0. The molecule has 0 aliphatic carbocycles. The van der Waals surface area contributed by atoms with Crippen molar-refractivity contribution in [2.45, 2.75) is 32.7 Å². The maximum Gasteiger partial charge on any atom is 0.190 e. The van der Waals surface area contributed by atoms with E-state index < -0.39 is 11.6 Å². The molecule has 1 rings (SSSR count). The van der Waals surface area contributed by atoms with Crippen molar-refractivity contribution in [3.63, 3.8) is 0 Å². The third-order valence-electron chi connectivity index (χ3n) is 2.44. The molecule has 1 unspecified atom stereocenters. The predicted octanol–water partition coefficient (Wildman–Crippen LogP) is 2.66. The summed E-state index contributed by atoms with van der Waals surface area (Å²) in [6, 6.07) is 2.37. The lowest BCUT2D eigenvalue weighted by atomic mass is 10.1. The van der Waals surface area contributed by atoms with Gasteiger partial charge in [0, 0.05) is 12.6 Å². The number of hydrogen-bond donors (Lipinski definition) is 1. The van der Waals surface area contributed by atoms with E-state index in [1.807, 2.05) is 6.92 Å². The van der Waals surface area contributed by atoms with Crippen LogP contribution >= 0.6 is 0 Å². The summed E-state index contributed by atoms with van der Waals surface area (Å²) in [6.45, 7) is 4.82. The molecule has 0 heterocycles. The van der Waals surface area contributed by atoms with Crippen molar-refractivity contribution in [3.05, 3.63) is 29.3 Å². The van der Waals surface area contributed by atoms with E-state index in [9.17, 15) is 8.78 Å². The number of rotatable bonds is 8. The number of hydrogen-bond acceptors (Lipinski definition) is 3. The van der Waals surface area contributed by atoms with Gasteiger partial charge in [0.05, 0.1) is 6.61 Å². The second-order valence-electron chi connectivity index (χ2n) is 4.53. The van der Waals surface area contributed by atoms with Gasteiger partial charge in [-0.05, 0) is 37.5 Å². The predicted molar refractivity (Wildman–Crippen MR) is 70.3 cm³/mol. The summed E-state index contributed by atoms with van der Waals surface area (Å²) in [5.41, 5.74) is 6.12. The van der Waals surface area contributed by atoms with Crippen LogP contribution in [0.25, 0.3) is 0 Å². The molecule has 0 fully saturated rings. The third kappa shape index (κ3) is 5.53. The van der Waals surface area contributed by atoms with Crippen LogP contribution in [-0.4, -0.2) is 25.9 Å². The van der Waals surface area contributed by atoms with Crippen LogP contribution in [0.5, 0.6) is 5.75 Å². The fraction of sp³-hybridized carbons (Fsp3) is 0.571. The Morgan fingerprint density at radius 2 is 1.79 bits per heavy atom. The normalized spacial score (nSPS) is 12.5. The van der Waals surface area contributed by atoms with E-state index in [0.29, 0.717) is 25.2 Å². The van der Waals surface area contributed by atoms with Crippen LogP contribution in [0.1, 0.15) is 25.8 Å². The van der Waals surface area contributed by atoms with E-state index >= 15 is 0 Å². The summed E-state index contributed by atoms with van der Waals surface area (Å²) in [5.74, 6) is -1.76. The molecule has 0 spiro atoms. The molecule has 19 heavy (non-hydrogen) atoms. The van der Waals surface area contributed by atoms with E-state index in [1.165, 1.54) is 12.1 Å². The van der Waals surface area contributed by atoms with Crippen molar-refractivity contribution in [1.82, 2.24) is 0 Å². The Labute approximate surface area is 112 Å². The first-order valence-electron chi connectivity index (χ1n) is 6.48. The van der Waals surface area contributed by atoms with Gasteiger partial charge in [0.25, 0.3) is 0 Å². The standard InChI is InChI=1S/C14H21F2NO2/c1-3-4-18-5-6-19-14-12(15)8-11(7-10(2)17)9-13(14)16/h8-10H,3-7,17H2,1-2H3. The van der Waals surface area contributed by atoms with Crippen LogP contribution in [0.3, 0.4) is 0 Å². The molecule has 2 N–H and O–H groups in total. The average molecular weight is 273 g/mol. The molecule has 108 valence electrons. The molecule has 0 aromatic heterocycles. The number of benzene rings is 1. The molecule has 3 nitrogen and oxygen atoms in total. The van der Waals surface area contributed by atoms with E-state index in [1.54, 1.807) is 6.92 Å². The average Bonchev–Trinajstić information content (AvgIpc) is 2.31. The first kappa shape index (κ1) is 15.9. The topological polar surface area (TPSA) is 44.5 Å². The molecule has 0 aliphatic heterocycles. The van der Waals surface area contributed by atoms with Crippen LogP contribution in [0.2, 0.25) is 0 Å². The first-order valence-corrected chi connectivity index (χ1v) is 6.48. The van der Waals surface area contributed by atoms with E-state index in [-0.39, 0.29) is 18.4 Å². The molecule has 0 amide bonds. The maximum atomic E-state index is 13.7. The summed E-state index contributed by atoms with van der Waals surface area (Å²) >= 11 is 0. The molecule has 5 heteroatoms. The molecule has 0 radical (unpaired) electrons. The molecule has 0 aliphatic rings. The quantitative estimate of drug-likeness (QED) is 0.741. The van der Waals surface area contributed by atoms with E-state index in [0.717, 1.165) is 6.42 Å². The zero-order chi connectivity index (χ0) is 14.3. The van der Waals surface area contributed by atoms with Crippen LogP contribution in [0, 0.1) is 11.6 Å². The molecular weight excluding hydrogens is 252 g/mol. The van der Waals surface area contributed by atoms with E-state index in [2.05, 4.69) is 0 Å². The molecule has 1 aromatic rings. The van der Waals surface area contributed by atoms with Crippen molar-refractivity contribution in [2.24, 2.45) is 5.73 Å². The zero-order valence-electron chi connectivity index (χ0n) is 11.4. The molecule has 1 atom stereocenters. The largest absolute Gasteiger partial charge is 0.485 e. The Hall–Kier alpha value is -1.20. The van der Waals surface area contributed by atoms with Crippen LogP contribution in [0.4, 0.5) is 8.78 Å². The van der Waals surface area contributed by atoms with Crippen LogP contribution in [-0.2, 0) is 11.2 Å². The Morgan fingerprint density at radius 1 is 1.16 bits per heavy atom. The van der Waals surface area contributed by atoms with E-state index in [4.69, 9.17) is 15.2 Å². The smallest absolute Gasteiger partial charge is 0.190 e. The van der Waals surface area contributed by atoms with Gasteiger partial charge < -0.3 is 15.2 Å². The van der Waals surface area contributed by atoms with Gasteiger partial charge in [0.1, 0.15) is 6.61 Å². The minimum absolute atomic E-state index is 0.125. The number of ether oxygens (including phenoxy) is 2. The zero-order valence-corrected chi connectivity index (χ0v) is 11.4. The van der Waals surface area contributed by atoms with Gasteiger partial charge in [0.2, 0.25) is 0 Å². The summed E-state index contributed by atoms with van der Waals surface area (Å²) in [5, 5.41) is 0. The Balaban J connectivity index is 2.59. The minimum atomic E-state index is -0.703. The van der Waals surface area contributed by atoms with Crippen molar-refractivity contribution < 1.29 is 18.3 Å². The molecule has 1 aromatic carbocycles.